The van der Waals surface area contributed by atoms with Crippen molar-refractivity contribution in [3.05, 3.63) is 41.6 Å². The number of methoxy groups -OCH3 is 1. The van der Waals surface area contributed by atoms with E-state index in [2.05, 4.69) is 27.0 Å². The van der Waals surface area contributed by atoms with Crippen molar-refractivity contribution in [2.24, 2.45) is 0 Å². The van der Waals surface area contributed by atoms with Gasteiger partial charge in [0.1, 0.15) is 5.82 Å². The van der Waals surface area contributed by atoms with E-state index in [-0.39, 0.29) is 5.91 Å². The van der Waals surface area contributed by atoms with Crippen LogP contribution < -0.4 is 10.2 Å². The monoisotopic (exact) mass is 470 g/mol. The minimum absolute atomic E-state index is 0.228. The Balaban J connectivity index is 1.46. The maximum absolute atomic E-state index is 12.5. The molecule has 1 aliphatic heterocycles. The number of anilines is 1. The number of hydrogen-bond acceptors (Lipinski definition) is 9. The van der Waals surface area contributed by atoms with Gasteiger partial charge in [-0.05, 0) is 30.0 Å². The van der Waals surface area contributed by atoms with Crippen molar-refractivity contribution in [3.8, 4) is 0 Å². The number of amides is 1. The molecule has 33 heavy (non-hydrogen) atoms. The van der Waals surface area contributed by atoms with Crippen molar-refractivity contribution in [1.29, 1.82) is 0 Å². The second kappa shape index (κ2) is 10.6. The molecule has 2 aromatic heterocycles. The number of aromatic nitrogens is 4. The van der Waals surface area contributed by atoms with Gasteiger partial charge >= 0.3 is 5.97 Å². The standard InChI is InChI=1S/C22H26N6O4S/c1-3-33-22-25-18(27-10-12-32-13-11-27)17-14-24-28(19(17)26-22)9-8-23-20(29)15-4-6-16(7-5-15)21(30)31-2/h4-7,14H,3,8-13H2,1-2H3,(H,23,29). The summed E-state index contributed by atoms with van der Waals surface area (Å²) in [7, 11) is 1.32. The molecule has 0 unspecified atom stereocenters. The molecule has 0 bridgehead atoms. The number of esters is 1. The van der Waals surface area contributed by atoms with E-state index in [0.717, 1.165) is 35.7 Å². The zero-order valence-corrected chi connectivity index (χ0v) is 19.4. The van der Waals surface area contributed by atoms with E-state index in [1.54, 1.807) is 46.9 Å². The summed E-state index contributed by atoms with van der Waals surface area (Å²) in [6.45, 7) is 5.80. The number of carbonyl (C=O) groups is 2. The van der Waals surface area contributed by atoms with E-state index in [1.807, 2.05) is 0 Å². The lowest BCUT2D eigenvalue weighted by Crippen LogP contribution is -2.37. The first-order valence-corrected chi connectivity index (χ1v) is 11.7. The van der Waals surface area contributed by atoms with E-state index < -0.39 is 5.97 Å². The Morgan fingerprint density at radius 2 is 1.88 bits per heavy atom. The first-order valence-electron chi connectivity index (χ1n) is 10.8. The largest absolute Gasteiger partial charge is 0.465 e. The van der Waals surface area contributed by atoms with Gasteiger partial charge in [0.25, 0.3) is 5.91 Å². The van der Waals surface area contributed by atoms with Crippen molar-refractivity contribution in [2.45, 2.75) is 18.6 Å². The summed E-state index contributed by atoms with van der Waals surface area (Å²) in [4.78, 5) is 35.7. The van der Waals surface area contributed by atoms with Crippen LogP contribution in [0.4, 0.5) is 5.82 Å². The Labute approximate surface area is 195 Å². The number of ether oxygens (including phenoxy) is 2. The van der Waals surface area contributed by atoms with Crippen molar-refractivity contribution >= 4 is 40.5 Å². The van der Waals surface area contributed by atoms with Crippen LogP contribution >= 0.6 is 11.8 Å². The van der Waals surface area contributed by atoms with E-state index >= 15 is 0 Å². The quantitative estimate of drug-likeness (QED) is 0.300. The first kappa shape index (κ1) is 23.0. The molecule has 3 heterocycles. The highest BCUT2D eigenvalue weighted by Crippen LogP contribution is 2.27. The van der Waals surface area contributed by atoms with Gasteiger partial charge in [0.2, 0.25) is 0 Å². The average molecular weight is 471 g/mol. The highest BCUT2D eigenvalue weighted by molar-refractivity contribution is 7.99. The number of carbonyl (C=O) groups excluding carboxylic acids is 2. The van der Waals surface area contributed by atoms with Crippen LogP contribution in [0, 0.1) is 0 Å². The van der Waals surface area contributed by atoms with Crippen LogP contribution in [-0.2, 0) is 16.0 Å². The summed E-state index contributed by atoms with van der Waals surface area (Å²) in [6.07, 6.45) is 1.79. The molecule has 0 radical (unpaired) electrons. The molecule has 1 saturated heterocycles. The number of nitrogens with zero attached hydrogens (tertiary/aromatic N) is 5. The number of nitrogens with one attached hydrogen (secondary N) is 1. The molecular formula is C22H26N6O4S. The number of fused-ring (bicyclic) bond motifs is 1. The fourth-order valence-electron chi connectivity index (χ4n) is 3.55. The highest BCUT2D eigenvalue weighted by atomic mass is 32.2. The fourth-order valence-corrected chi connectivity index (χ4v) is 4.11. The van der Waals surface area contributed by atoms with E-state index in [1.165, 1.54) is 7.11 Å². The van der Waals surface area contributed by atoms with Crippen LogP contribution in [-0.4, -0.2) is 77.3 Å². The lowest BCUT2D eigenvalue weighted by molar-refractivity contribution is 0.0600. The molecule has 3 aromatic rings. The number of hydrogen-bond donors (Lipinski definition) is 1. The predicted octanol–water partition coefficient (Wildman–Crippen LogP) is 1.99. The number of rotatable bonds is 8. The molecule has 0 atom stereocenters. The lowest BCUT2D eigenvalue weighted by atomic mass is 10.1. The summed E-state index contributed by atoms with van der Waals surface area (Å²) in [5, 5.41) is 9.00. The Hall–Kier alpha value is -3.18. The molecule has 10 nitrogen and oxygen atoms in total. The lowest BCUT2D eigenvalue weighted by Gasteiger charge is -2.28. The number of thioether (sulfide) groups is 1. The molecule has 1 aliphatic rings. The van der Waals surface area contributed by atoms with Crippen LogP contribution in [0.2, 0.25) is 0 Å². The second-order valence-corrected chi connectivity index (χ2v) is 8.52. The highest BCUT2D eigenvalue weighted by Gasteiger charge is 2.20. The normalized spacial score (nSPS) is 13.8. The average Bonchev–Trinajstić information content (AvgIpc) is 3.26. The number of benzene rings is 1. The van der Waals surface area contributed by atoms with Crippen molar-refractivity contribution < 1.29 is 19.1 Å². The van der Waals surface area contributed by atoms with Crippen molar-refractivity contribution in [2.75, 3.05) is 50.6 Å². The van der Waals surface area contributed by atoms with Crippen molar-refractivity contribution in [3.63, 3.8) is 0 Å². The van der Waals surface area contributed by atoms with Gasteiger partial charge in [-0.3, -0.25) is 4.79 Å². The maximum atomic E-state index is 12.5. The van der Waals surface area contributed by atoms with Crippen LogP contribution in [0.15, 0.2) is 35.6 Å². The molecule has 4 rings (SSSR count). The molecule has 11 heteroatoms. The first-order chi connectivity index (χ1) is 16.1. The Morgan fingerprint density at radius 3 is 2.58 bits per heavy atom. The summed E-state index contributed by atoms with van der Waals surface area (Å²) in [6, 6.07) is 6.33. The summed E-state index contributed by atoms with van der Waals surface area (Å²) in [5.74, 6) is 1.08. The van der Waals surface area contributed by atoms with Gasteiger partial charge in [-0.1, -0.05) is 18.7 Å². The van der Waals surface area contributed by atoms with Gasteiger partial charge in [0, 0.05) is 25.2 Å². The minimum Gasteiger partial charge on any atom is -0.465 e. The zero-order valence-electron chi connectivity index (χ0n) is 18.6. The topological polar surface area (TPSA) is 111 Å². The Bertz CT molecular complexity index is 1130. The van der Waals surface area contributed by atoms with E-state index in [0.29, 0.717) is 42.6 Å². The SMILES string of the molecule is CCSc1nc(N2CCOCC2)c2cnn(CCNC(=O)c3ccc(C(=O)OC)cc3)c2n1. The van der Waals surface area contributed by atoms with Crippen LogP contribution in [0.25, 0.3) is 11.0 Å². The van der Waals surface area contributed by atoms with E-state index in [9.17, 15) is 9.59 Å². The predicted molar refractivity (Wildman–Crippen MR) is 125 cm³/mol. The van der Waals surface area contributed by atoms with E-state index in [4.69, 9.17) is 14.7 Å². The third-order valence-electron chi connectivity index (χ3n) is 5.22. The molecule has 174 valence electrons. The van der Waals surface area contributed by atoms with Gasteiger partial charge in [-0.25, -0.2) is 19.4 Å². The zero-order chi connectivity index (χ0) is 23.2. The molecule has 1 fully saturated rings. The van der Waals surface area contributed by atoms with Crippen LogP contribution in [0.5, 0.6) is 0 Å². The smallest absolute Gasteiger partial charge is 0.337 e. The van der Waals surface area contributed by atoms with Gasteiger partial charge in [-0.15, -0.1) is 0 Å². The van der Waals surface area contributed by atoms with Crippen LogP contribution in [0.1, 0.15) is 27.6 Å². The minimum atomic E-state index is -0.438. The summed E-state index contributed by atoms with van der Waals surface area (Å²) in [5.41, 5.74) is 1.61. The van der Waals surface area contributed by atoms with Gasteiger partial charge < -0.3 is 19.7 Å². The Kier molecular flexibility index (Phi) is 7.40. The Morgan fingerprint density at radius 1 is 1.15 bits per heavy atom. The third-order valence-corrected chi connectivity index (χ3v) is 5.95. The maximum Gasteiger partial charge on any atom is 0.337 e. The second-order valence-electron chi connectivity index (χ2n) is 7.29. The molecule has 1 N–H and O–H groups in total. The third kappa shape index (κ3) is 5.25. The van der Waals surface area contributed by atoms with Gasteiger partial charge in [0.15, 0.2) is 10.8 Å². The van der Waals surface area contributed by atoms with Gasteiger partial charge in [0.05, 0.1) is 44.0 Å². The molecule has 0 aliphatic carbocycles. The van der Waals surface area contributed by atoms with Crippen LogP contribution in [0.3, 0.4) is 0 Å². The molecule has 0 saturated carbocycles. The molecule has 1 amide bonds. The van der Waals surface area contributed by atoms with Gasteiger partial charge in [-0.2, -0.15) is 5.10 Å². The number of morpholine rings is 1. The molecule has 0 spiro atoms. The fraction of sp³-hybridized carbons (Fsp3) is 0.409. The molecule has 1 aromatic carbocycles. The summed E-state index contributed by atoms with van der Waals surface area (Å²) >= 11 is 1.59. The summed E-state index contributed by atoms with van der Waals surface area (Å²) < 4.78 is 11.9. The van der Waals surface area contributed by atoms with Crippen molar-refractivity contribution in [1.82, 2.24) is 25.1 Å². The molecular weight excluding hydrogens is 444 g/mol.